The lowest BCUT2D eigenvalue weighted by molar-refractivity contribution is -0.119. The fraction of sp³-hybridized carbons (Fsp3) is 0.286. The SMILES string of the molecule is CC(=O)NC1C=CSC=C1. The summed E-state index contributed by atoms with van der Waals surface area (Å²) in [5.41, 5.74) is 0. The maximum atomic E-state index is 10.5. The predicted octanol–water partition coefficient (Wildman–Crippen LogP) is 1.27. The van der Waals surface area contributed by atoms with Crippen LogP contribution in [-0.4, -0.2) is 11.9 Å². The summed E-state index contributed by atoms with van der Waals surface area (Å²) in [5.74, 6) is 0.00574. The maximum Gasteiger partial charge on any atom is 0.217 e. The molecule has 0 radical (unpaired) electrons. The highest BCUT2D eigenvalue weighted by molar-refractivity contribution is 8.04. The Kier molecular flexibility index (Phi) is 2.57. The molecule has 1 aliphatic heterocycles. The number of carbonyl (C=O) groups is 1. The lowest BCUT2D eigenvalue weighted by Crippen LogP contribution is -2.29. The van der Waals surface area contributed by atoms with Crippen LogP contribution in [0.5, 0.6) is 0 Å². The zero-order valence-electron chi connectivity index (χ0n) is 5.70. The third kappa shape index (κ3) is 2.27. The summed E-state index contributed by atoms with van der Waals surface area (Å²) in [6.07, 6.45) is 3.90. The van der Waals surface area contributed by atoms with E-state index in [1.165, 1.54) is 6.92 Å². The van der Waals surface area contributed by atoms with Gasteiger partial charge in [0, 0.05) is 6.92 Å². The molecule has 1 heterocycles. The van der Waals surface area contributed by atoms with Crippen LogP contribution in [0, 0.1) is 0 Å². The molecule has 0 aromatic carbocycles. The molecule has 1 aliphatic rings. The fourth-order valence-electron chi connectivity index (χ4n) is 0.700. The van der Waals surface area contributed by atoms with E-state index in [0.717, 1.165) is 0 Å². The van der Waals surface area contributed by atoms with E-state index in [9.17, 15) is 4.79 Å². The Morgan fingerprint density at radius 3 is 2.60 bits per heavy atom. The van der Waals surface area contributed by atoms with Crippen molar-refractivity contribution in [2.24, 2.45) is 0 Å². The van der Waals surface area contributed by atoms with Crippen molar-refractivity contribution in [2.75, 3.05) is 0 Å². The third-order valence-corrected chi connectivity index (χ3v) is 1.73. The summed E-state index contributed by atoms with van der Waals surface area (Å²) in [7, 11) is 0. The first-order valence-electron chi connectivity index (χ1n) is 3.05. The molecule has 3 heteroatoms. The van der Waals surface area contributed by atoms with Gasteiger partial charge in [-0.15, -0.1) is 11.8 Å². The number of thioether (sulfide) groups is 1. The lowest BCUT2D eigenvalue weighted by Gasteiger charge is -2.10. The molecule has 0 unspecified atom stereocenters. The highest BCUT2D eigenvalue weighted by Gasteiger charge is 2.02. The molecule has 2 nitrogen and oxygen atoms in total. The van der Waals surface area contributed by atoms with Gasteiger partial charge in [-0.1, -0.05) is 12.2 Å². The first-order valence-corrected chi connectivity index (χ1v) is 3.99. The molecule has 0 bridgehead atoms. The maximum absolute atomic E-state index is 10.5. The van der Waals surface area contributed by atoms with Crippen molar-refractivity contribution in [3.05, 3.63) is 23.0 Å². The van der Waals surface area contributed by atoms with Crippen LogP contribution < -0.4 is 5.32 Å². The molecule has 1 amide bonds. The molecule has 0 saturated heterocycles. The molecular formula is C7H9NOS. The van der Waals surface area contributed by atoms with Crippen molar-refractivity contribution in [1.29, 1.82) is 0 Å². The number of amides is 1. The molecule has 0 fully saturated rings. The van der Waals surface area contributed by atoms with Crippen molar-refractivity contribution < 1.29 is 4.79 Å². The van der Waals surface area contributed by atoms with E-state index in [0.29, 0.717) is 0 Å². The Morgan fingerprint density at radius 2 is 2.10 bits per heavy atom. The minimum absolute atomic E-state index is 0.00574. The van der Waals surface area contributed by atoms with Gasteiger partial charge in [0.1, 0.15) is 0 Å². The summed E-state index contributed by atoms with van der Waals surface area (Å²) < 4.78 is 0. The van der Waals surface area contributed by atoms with E-state index < -0.39 is 0 Å². The van der Waals surface area contributed by atoms with Crippen molar-refractivity contribution in [3.63, 3.8) is 0 Å². The van der Waals surface area contributed by atoms with Crippen molar-refractivity contribution in [2.45, 2.75) is 13.0 Å². The number of nitrogens with one attached hydrogen (secondary N) is 1. The molecule has 0 aromatic rings. The van der Waals surface area contributed by atoms with Crippen LogP contribution >= 0.6 is 11.8 Å². The van der Waals surface area contributed by atoms with Gasteiger partial charge in [-0.2, -0.15) is 0 Å². The van der Waals surface area contributed by atoms with E-state index in [2.05, 4.69) is 5.32 Å². The second-order valence-corrected chi connectivity index (χ2v) is 2.84. The zero-order chi connectivity index (χ0) is 7.40. The Bertz CT molecular complexity index is 174. The van der Waals surface area contributed by atoms with Gasteiger partial charge >= 0.3 is 0 Å². The Labute approximate surface area is 64.4 Å². The van der Waals surface area contributed by atoms with Crippen LogP contribution in [-0.2, 0) is 4.79 Å². The largest absolute Gasteiger partial charge is 0.347 e. The van der Waals surface area contributed by atoms with Gasteiger partial charge in [-0.25, -0.2) is 0 Å². The molecule has 10 heavy (non-hydrogen) atoms. The quantitative estimate of drug-likeness (QED) is 0.617. The van der Waals surface area contributed by atoms with E-state index in [1.54, 1.807) is 11.8 Å². The smallest absolute Gasteiger partial charge is 0.217 e. The number of hydrogen-bond acceptors (Lipinski definition) is 2. The highest BCUT2D eigenvalue weighted by atomic mass is 32.2. The average Bonchev–Trinajstić information content (AvgIpc) is 1.88. The first-order chi connectivity index (χ1) is 4.79. The first kappa shape index (κ1) is 7.41. The second kappa shape index (κ2) is 3.46. The molecule has 0 aromatic heterocycles. The summed E-state index contributed by atoms with van der Waals surface area (Å²) in [6.45, 7) is 1.52. The zero-order valence-corrected chi connectivity index (χ0v) is 6.52. The van der Waals surface area contributed by atoms with Crippen LogP contribution in [0.1, 0.15) is 6.92 Å². The summed E-state index contributed by atoms with van der Waals surface area (Å²) in [5, 5.41) is 6.67. The summed E-state index contributed by atoms with van der Waals surface area (Å²) in [4.78, 5) is 10.5. The Balaban J connectivity index is 2.40. The van der Waals surface area contributed by atoms with Gasteiger partial charge in [0.25, 0.3) is 0 Å². The highest BCUT2D eigenvalue weighted by Crippen LogP contribution is 2.11. The van der Waals surface area contributed by atoms with E-state index in [1.807, 2.05) is 23.0 Å². The molecule has 0 saturated carbocycles. The minimum Gasteiger partial charge on any atom is -0.347 e. The molecule has 1 N–H and O–H groups in total. The van der Waals surface area contributed by atoms with E-state index in [4.69, 9.17) is 0 Å². The van der Waals surface area contributed by atoms with Gasteiger partial charge in [0.2, 0.25) is 5.91 Å². The fourth-order valence-corrected chi connectivity index (χ4v) is 1.31. The van der Waals surface area contributed by atoms with Crippen LogP contribution in [0.25, 0.3) is 0 Å². The molecule has 0 aliphatic carbocycles. The van der Waals surface area contributed by atoms with Gasteiger partial charge in [-0.05, 0) is 10.8 Å². The van der Waals surface area contributed by atoms with Crippen molar-refractivity contribution >= 4 is 17.7 Å². The molecule has 0 spiro atoms. The molecular weight excluding hydrogens is 146 g/mol. The summed E-state index contributed by atoms with van der Waals surface area (Å²) in [6, 6.07) is 0.0961. The van der Waals surface area contributed by atoms with Crippen LogP contribution in [0.4, 0.5) is 0 Å². The van der Waals surface area contributed by atoms with Gasteiger partial charge in [-0.3, -0.25) is 4.79 Å². The van der Waals surface area contributed by atoms with E-state index >= 15 is 0 Å². The normalized spacial score (nSPS) is 17.3. The third-order valence-electron chi connectivity index (χ3n) is 1.10. The van der Waals surface area contributed by atoms with Crippen molar-refractivity contribution in [1.82, 2.24) is 5.32 Å². The minimum atomic E-state index is 0.00574. The predicted molar refractivity (Wildman–Crippen MR) is 43.5 cm³/mol. The summed E-state index contributed by atoms with van der Waals surface area (Å²) >= 11 is 1.61. The van der Waals surface area contributed by atoms with Gasteiger partial charge in [0.15, 0.2) is 0 Å². The Morgan fingerprint density at radius 1 is 1.50 bits per heavy atom. The van der Waals surface area contributed by atoms with E-state index in [-0.39, 0.29) is 11.9 Å². The van der Waals surface area contributed by atoms with Crippen LogP contribution in [0.15, 0.2) is 23.0 Å². The Hall–Kier alpha value is -0.700. The standard InChI is InChI=1S/C7H9NOS/c1-6(9)8-7-2-4-10-5-3-7/h2-5,7H,1H3,(H,8,9). The van der Waals surface area contributed by atoms with Gasteiger partial charge < -0.3 is 5.32 Å². The number of rotatable bonds is 1. The molecule has 54 valence electrons. The topological polar surface area (TPSA) is 29.1 Å². The number of carbonyl (C=O) groups excluding carboxylic acids is 1. The molecule has 0 atom stereocenters. The van der Waals surface area contributed by atoms with Crippen LogP contribution in [0.2, 0.25) is 0 Å². The van der Waals surface area contributed by atoms with Gasteiger partial charge in [0.05, 0.1) is 6.04 Å². The van der Waals surface area contributed by atoms with Crippen LogP contribution in [0.3, 0.4) is 0 Å². The molecule has 1 rings (SSSR count). The van der Waals surface area contributed by atoms with Crippen molar-refractivity contribution in [3.8, 4) is 0 Å². The lowest BCUT2D eigenvalue weighted by atomic mass is 10.3. The second-order valence-electron chi connectivity index (χ2n) is 2.02. The monoisotopic (exact) mass is 155 g/mol. The number of hydrogen-bond donors (Lipinski definition) is 1. The average molecular weight is 155 g/mol.